The summed E-state index contributed by atoms with van der Waals surface area (Å²) in [7, 11) is 0. The van der Waals surface area contributed by atoms with Crippen LogP contribution in [-0.4, -0.2) is 23.0 Å². The SMILES string of the molecule is O=C(NC1C2CCC(C2)C1C(=O)O)c1ccc(Br)s1. The summed E-state index contributed by atoms with van der Waals surface area (Å²) in [5.41, 5.74) is 0. The molecule has 19 heavy (non-hydrogen) atoms. The molecule has 3 rings (SSSR count). The Balaban J connectivity index is 1.75. The smallest absolute Gasteiger partial charge is 0.308 e. The van der Waals surface area contributed by atoms with Crippen LogP contribution in [-0.2, 0) is 4.79 Å². The number of nitrogens with one attached hydrogen (secondary N) is 1. The standard InChI is InChI=1S/C13H14BrNO3S/c14-9-4-3-8(19-9)12(16)15-11-7-2-1-6(5-7)10(11)13(17)18/h3-4,6-7,10-11H,1-2,5H2,(H,15,16)(H,17,18). The number of hydrogen-bond acceptors (Lipinski definition) is 3. The predicted molar refractivity (Wildman–Crippen MR) is 75.2 cm³/mol. The molecule has 4 unspecified atom stereocenters. The number of carbonyl (C=O) groups is 2. The van der Waals surface area contributed by atoms with Gasteiger partial charge in [0.25, 0.3) is 5.91 Å². The Labute approximate surface area is 123 Å². The van der Waals surface area contributed by atoms with E-state index in [1.165, 1.54) is 11.3 Å². The second-order valence-electron chi connectivity index (χ2n) is 5.30. The molecule has 0 spiro atoms. The van der Waals surface area contributed by atoms with Gasteiger partial charge in [-0.2, -0.15) is 0 Å². The first-order valence-corrected chi connectivity index (χ1v) is 7.96. The second-order valence-corrected chi connectivity index (χ2v) is 7.76. The van der Waals surface area contributed by atoms with Crippen molar-refractivity contribution in [2.45, 2.75) is 25.3 Å². The molecule has 2 aliphatic rings. The summed E-state index contributed by atoms with van der Waals surface area (Å²) in [5.74, 6) is -0.767. The van der Waals surface area contributed by atoms with Gasteiger partial charge in [-0.05, 0) is 59.2 Å². The Morgan fingerprint density at radius 2 is 2.05 bits per heavy atom. The lowest BCUT2D eigenvalue weighted by atomic mass is 9.84. The van der Waals surface area contributed by atoms with Crippen molar-refractivity contribution in [3.05, 3.63) is 20.8 Å². The van der Waals surface area contributed by atoms with Crippen molar-refractivity contribution >= 4 is 39.1 Å². The molecule has 0 aliphatic heterocycles. The monoisotopic (exact) mass is 343 g/mol. The molecule has 0 aromatic carbocycles. The summed E-state index contributed by atoms with van der Waals surface area (Å²) in [6.07, 6.45) is 2.96. The van der Waals surface area contributed by atoms with E-state index in [4.69, 9.17) is 0 Å². The maximum Gasteiger partial charge on any atom is 0.308 e. The quantitative estimate of drug-likeness (QED) is 0.886. The minimum absolute atomic E-state index is 0.153. The van der Waals surface area contributed by atoms with Crippen molar-refractivity contribution < 1.29 is 14.7 Å². The highest BCUT2D eigenvalue weighted by Gasteiger charge is 2.51. The fourth-order valence-electron chi connectivity index (χ4n) is 3.51. The topological polar surface area (TPSA) is 66.4 Å². The summed E-state index contributed by atoms with van der Waals surface area (Å²) >= 11 is 4.69. The summed E-state index contributed by atoms with van der Waals surface area (Å²) < 4.78 is 0.903. The number of carboxylic acid groups (broad SMARTS) is 1. The van der Waals surface area contributed by atoms with Gasteiger partial charge in [-0.25, -0.2) is 0 Å². The lowest BCUT2D eigenvalue weighted by Gasteiger charge is -2.28. The van der Waals surface area contributed by atoms with Crippen molar-refractivity contribution in [1.29, 1.82) is 0 Å². The van der Waals surface area contributed by atoms with Gasteiger partial charge in [0, 0.05) is 6.04 Å². The number of carbonyl (C=O) groups excluding carboxylic acids is 1. The average molecular weight is 344 g/mol. The summed E-state index contributed by atoms with van der Waals surface area (Å²) in [6.45, 7) is 0. The Kier molecular flexibility index (Phi) is 3.39. The fourth-order valence-corrected chi connectivity index (χ4v) is 4.80. The first kappa shape index (κ1) is 13.1. The third-order valence-corrected chi connectivity index (χ3v) is 5.92. The van der Waals surface area contributed by atoms with Crippen LogP contribution in [0.4, 0.5) is 0 Å². The van der Waals surface area contributed by atoms with Crippen molar-refractivity contribution in [3.8, 4) is 0 Å². The van der Waals surface area contributed by atoms with Gasteiger partial charge in [-0.1, -0.05) is 0 Å². The maximum absolute atomic E-state index is 12.1. The number of carboxylic acids is 1. The number of hydrogen-bond donors (Lipinski definition) is 2. The Bertz CT molecular complexity index is 530. The van der Waals surface area contributed by atoms with Crippen molar-refractivity contribution in [2.75, 3.05) is 0 Å². The van der Waals surface area contributed by atoms with Crippen LogP contribution < -0.4 is 5.32 Å². The molecule has 4 atom stereocenters. The molecular weight excluding hydrogens is 330 g/mol. The van der Waals surface area contributed by atoms with E-state index >= 15 is 0 Å². The zero-order valence-electron chi connectivity index (χ0n) is 10.1. The molecular formula is C13H14BrNO3S. The first-order chi connectivity index (χ1) is 9.06. The lowest BCUT2D eigenvalue weighted by molar-refractivity contribution is -0.144. The largest absolute Gasteiger partial charge is 0.481 e. The van der Waals surface area contributed by atoms with E-state index < -0.39 is 11.9 Å². The van der Waals surface area contributed by atoms with E-state index in [1.54, 1.807) is 6.07 Å². The van der Waals surface area contributed by atoms with Gasteiger partial charge in [0.05, 0.1) is 14.6 Å². The molecule has 1 heterocycles. The summed E-state index contributed by atoms with van der Waals surface area (Å²) in [5, 5.41) is 12.3. The first-order valence-electron chi connectivity index (χ1n) is 6.35. The van der Waals surface area contributed by atoms with Crippen LogP contribution in [0.1, 0.15) is 28.9 Å². The lowest BCUT2D eigenvalue weighted by Crippen LogP contribution is -2.46. The van der Waals surface area contributed by atoms with Crippen LogP contribution in [0, 0.1) is 17.8 Å². The molecule has 1 aromatic rings. The van der Waals surface area contributed by atoms with Gasteiger partial charge in [0.1, 0.15) is 0 Å². The normalized spacial score (nSPS) is 32.5. The fraction of sp³-hybridized carbons (Fsp3) is 0.538. The van der Waals surface area contributed by atoms with E-state index in [1.807, 2.05) is 6.07 Å². The number of amides is 1. The highest BCUT2D eigenvalue weighted by molar-refractivity contribution is 9.11. The van der Waals surface area contributed by atoms with E-state index in [-0.39, 0.29) is 17.9 Å². The van der Waals surface area contributed by atoms with E-state index in [2.05, 4.69) is 21.2 Å². The third-order valence-electron chi connectivity index (χ3n) is 4.30. The minimum Gasteiger partial charge on any atom is -0.481 e. The zero-order valence-corrected chi connectivity index (χ0v) is 12.5. The van der Waals surface area contributed by atoms with E-state index in [0.717, 1.165) is 23.0 Å². The maximum atomic E-state index is 12.1. The molecule has 2 bridgehead atoms. The van der Waals surface area contributed by atoms with Crippen molar-refractivity contribution in [2.24, 2.45) is 17.8 Å². The Morgan fingerprint density at radius 1 is 1.32 bits per heavy atom. The van der Waals surface area contributed by atoms with Gasteiger partial charge >= 0.3 is 5.97 Å². The molecule has 2 N–H and O–H groups in total. The number of aliphatic carboxylic acids is 1. The predicted octanol–water partition coefficient (Wildman–Crippen LogP) is 2.74. The number of thiophene rings is 1. The average Bonchev–Trinajstić information content (AvgIpc) is 3.03. The molecule has 1 amide bonds. The summed E-state index contributed by atoms with van der Waals surface area (Å²) in [6, 6.07) is 3.38. The Hall–Kier alpha value is -0.880. The highest BCUT2D eigenvalue weighted by Crippen LogP contribution is 2.48. The summed E-state index contributed by atoms with van der Waals surface area (Å²) in [4.78, 5) is 24.1. The van der Waals surface area contributed by atoms with Crippen molar-refractivity contribution in [1.82, 2.24) is 5.32 Å². The zero-order chi connectivity index (χ0) is 13.6. The van der Waals surface area contributed by atoms with E-state index in [9.17, 15) is 14.7 Å². The number of rotatable bonds is 3. The molecule has 2 saturated carbocycles. The van der Waals surface area contributed by atoms with Crippen LogP contribution in [0.2, 0.25) is 0 Å². The molecule has 102 valence electrons. The van der Waals surface area contributed by atoms with Crippen LogP contribution in [0.3, 0.4) is 0 Å². The third kappa shape index (κ3) is 2.31. The van der Waals surface area contributed by atoms with Gasteiger partial charge in [0.2, 0.25) is 0 Å². The number of fused-ring (bicyclic) bond motifs is 2. The Morgan fingerprint density at radius 3 is 2.68 bits per heavy atom. The second kappa shape index (κ2) is 4.90. The molecule has 0 radical (unpaired) electrons. The van der Waals surface area contributed by atoms with Crippen LogP contribution >= 0.6 is 27.3 Å². The molecule has 2 fully saturated rings. The number of halogens is 1. The molecule has 0 saturated heterocycles. The van der Waals surface area contributed by atoms with Crippen LogP contribution in [0.15, 0.2) is 15.9 Å². The molecule has 1 aromatic heterocycles. The van der Waals surface area contributed by atoms with Gasteiger partial charge in [-0.15, -0.1) is 11.3 Å². The van der Waals surface area contributed by atoms with E-state index in [0.29, 0.717) is 10.8 Å². The van der Waals surface area contributed by atoms with Gasteiger partial charge < -0.3 is 10.4 Å². The molecule has 4 nitrogen and oxygen atoms in total. The van der Waals surface area contributed by atoms with Crippen molar-refractivity contribution in [3.63, 3.8) is 0 Å². The van der Waals surface area contributed by atoms with Gasteiger partial charge in [0.15, 0.2) is 0 Å². The van der Waals surface area contributed by atoms with Gasteiger partial charge in [-0.3, -0.25) is 9.59 Å². The highest BCUT2D eigenvalue weighted by atomic mass is 79.9. The molecule has 2 aliphatic carbocycles. The van der Waals surface area contributed by atoms with Crippen LogP contribution in [0.5, 0.6) is 0 Å². The minimum atomic E-state index is -0.773. The molecule has 6 heteroatoms. The van der Waals surface area contributed by atoms with Crippen LogP contribution in [0.25, 0.3) is 0 Å².